The number of ether oxygens (including phenoxy) is 2. The van der Waals surface area contributed by atoms with Crippen LogP contribution in [0.15, 0.2) is 28.7 Å². The van der Waals surface area contributed by atoms with Gasteiger partial charge in [-0.1, -0.05) is 23.7 Å². The number of hydrogen-bond donors (Lipinski definition) is 1. The van der Waals surface area contributed by atoms with Gasteiger partial charge in [-0.05, 0) is 19.1 Å². The lowest BCUT2D eigenvalue weighted by molar-refractivity contribution is -0.172. The van der Waals surface area contributed by atoms with Crippen LogP contribution in [0.25, 0.3) is 11.0 Å². The average Bonchev–Trinajstić information content (AvgIpc) is 2.93. The molecule has 0 aliphatic carbocycles. The second-order valence-corrected chi connectivity index (χ2v) is 5.73. The number of benzene rings is 1. The van der Waals surface area contributed by atoms with E-state index in [0.29, 0.717) is 49.0 Å². The molecule has 21 heavy (non-hydrogen) atoms. The second-order valence-electron chi connectivity index (χ2n) is 5.32. The molecular formula is C16H19ClO4. The van der Waals surface area contributed by atoms with Crippen molar-refractivity contribution >= 4 is 22.6 Å². The molecule has 1 fully saturated rings. The average molecular weight is 311 g/mol. The van der Waals surface area contributed by atoms with E-state index in [0.717, 1.165) is 5.39 Å². The Balaban J connectivity index is 1.97. The SMILES string of the molecule is CCOC1(C(O)c2cc3cccc(Cl)c3o2)CCOCC1. The van der Waals surface area contributed by atoms with E-state index in [-0.39, 0.29) is 0 Å². The first kappa shape index (κ1) is 14.9. The van der Waals surface area contributed by atoms with Crippen LogP contribution in [0.2, 0.25) is 5.02 Å². The Bertz CT molecular complexity index is 610. The molecule has 1 aromatic heterocycles. The highest BCUT2D eigenvalue weighted by atomic mass is 35.5. The molecule has 1 aromatic carbocycles. The summed E-state index contributed by atoms with van der Waals surface area (Å²) >= 11 is 6.13. The van der Waals surface area contributed by atoms with Crippen molar-refractivity contribution in [1.29, 1.82) is 0 Å². The standard InChI is InChI=1S/C16H19ClO4/c1-2-20-16(6-8-19-9-7-16)15(18)13-10-11-4-3-5-12(17)14(11)21-13/h3-5,10,15,18H,2,6-9H2,1H3. The maximum atomic E-state index is 10.8. The molecule has 1 unspecified atom stereocenters. The molecular weight excluding hydrogens is 292 g/mol. The second kappa shape index (κ2) is 5.97. The molecule has 0 saturated carbocycles. The van der Waals surface area contributed by atoms with Crippen LogP contribution in [0.1, 0.15) is 31.6 Å². The molecule has 1 aliphatic rings. The summed E-state index contributed by atoms with van der Waals surface area (Å²) in [4.78, 5) is 0. The van der Waals surface area contributed by atoms with Gasteiger partial charge in [0, 0.05) is 38.0 Å². The van der Waals surface area contributed by atoms with Crippen LogP contribution >= 0.6 is 11.6 Å². The Kier molecular flexibility index (Phi) is 4.22. The summed E-state index contributed by atoms with van der Waals surface area (Å²) in [5.41, 5.74) is -0.0418. The summed E-state index contributed by atoms with van der Waals surface area (Å²) in [6.07, 6.45) is 0.462. The zero-order chi connectivity index (χ0) is 14.9. The molecule has 4 nitrogen and oxygen atoms in total. The normalized spacial score (nSPS) is 19.8. The minimum Gasteiger partial charge on any atom is -0.457 e. The monoisotopic (exact) mass is 310 g/mol. The van der Waals surface area contributed by atoms with Gasteiger partial charge in [-0.25, -0.2) is 0 Å². The predicted octanol–water partition coefficient (Wildman–Crippen LogP) is 3.71. The van der Waals surface area contributed by atoms with Crippen LogP contribution in [-0.4, -0.2) is 30.5 Å². The van der Waals surface area contributed by atoms with E-state index in [1.165, 1.54) is 0 Å². The highest BCUT2D eigenvalue weighted by molar-refractivity contribution is 6.34. The van der Waals surface area contributed by atoms with Gasteiger partial charge in [0.05, 0.1) is 5.02 Å². The Hall–Kier alpha value is -1.07. The molecule has 0 spiro atoms. The van der Waals surface area contributed by atoms with Gasteiger partial charge in [-0.15, -0.1) is 0 Å². The molecule has 0 radical (unpaired) electrons. The molecule has 2 aromatic rings. The third-order valence-electron chi connectivity index (χ3n) is 4.05. The molecule has 1 atom stereocenters. The minimum atomic E-state index is -0.829. The van der Waals surface area contributed by atoms with Crippen molar-refractivity contribution in [1.82, 2.24) is 0 Å². The fourth-order valence-electron chi connectivity index (χ4n) is 2.94. The van der Waals surface area contributed by atoms with Crippen LogP contribution in [0, 0.1) is 0 Å². The third kappa shape index (κ3) is 2.69. The Morgan fingerprint density at radius 2 is 2.14 bits per heavy atom. The summed E-state index contributed by atoms with van der Waals surface area (Å²) < 4.78 is 17.1. The number of aliphatic hydroxyl groups is 1. The quantitative estimate of drug-likeness (QED) is 0.935. The molecule has 1 saturated heterocycles. The molecule has 5 heteroatoms. The molecule has 1 aliphatic heterocycles. The van der Waals surface area contributed by atoms with Gasteiger partial charge in [-0.3, -0.25) is 0 Å². The van der Waals surface area contributed by atoms with Crippen molar-refractivity contribution in [3.8, 4) is 0 Å². The Morgan fingerprint density at radius 1 is 1.38 bits per heavy atom. The first-order valence-electron chi connectivity index (χ1n) is 7.24. The first-order chi connectivity index (χ1) is 10.2. The summed E-state index contributed by atoms with van der Waals surface area (Å²) in [6.45, 7) is 3.63. The van der Waals surface area contributed by atoms with Crippen molar-refractivity contribution in [2.45, 2.75) is 31.5 Å². The van der Waals surface area contributed by atoms with Crippen LogP contribution in [0.4, 0.5) is 0 Å². The fourth-order valence-corrected chi connectivity index (χ4v) is 3.16. The molecule has 0 bridgehead atoms. The minimum absolute atomic E-state index is 0.494. The fraction of sp³-hybridized carbons (Fsp3) is 0.500. The lowest BCUT2D eigenvalue weighted by atomic mass is 9.86. The lowest BCUT2D eigenvalue weighted by Crippen LogP contribution is -2.44. The molecule has 3 rings (SSSR count). The number of aliphatic hydroxyl groups excluding tert-OH is 1. The van der Waals surface area contributed by atoms with E-state index in [1.807, 2.05) is 25.1 Å². The van der Waals surface area contributed by atoms with Crippen molar-refractivity contribution in [2.75, 3.05) is 19.8 Å². The highest BCUT2D eigenvalue weighted by Gasteiger charge is 2.43. The smallest absolute Gasteiger partial charge is 0.152 e. The maximum absolute atomic E-state index is 10.8. The molecule has 1 N–H and O–H groups in total. The topological polar surface area (TPSA) is 51.8 Å². The lowest BCUT2D eigenvalue weighted by Gasteiger charge is -2.39. The maximum Gasteiger partial charge on any atom is 0.152 e. The molecule has 2 heterocycles. The zero-order valence-electron chi connectivity index (χ0n) is 12.0. The van der Waals surface area contributed by atoms with Gasteiger partial charge in [0.2, 0.25) is 0 Å². The van der Waals surface area contributed by atoms with Crippen LogP contribution in [0.3, 0.4) is 0 Å². The van der Waals surface area contributed by atoms with E-state index < -0.39 is 11.7 Å². The van der Waals surface area contributed by atoms with E-state index >= 15 is 0 Å². The predicted molar refractivity (Wildman–Crippen MR) is 80.6 cm³/mol. The number of hydrogen-bond acceptors (Lipinski definition) is 4. The van der Waals surface area contributed by atoms with Gasteiger partial charge in [0.25, 0.3) is 0 Å². The first-order valence-corrected chi connectivity index (χ1v) is 7.62. The van der Waals surface area contributed by atoms with Crippen molar-refractivity contribution in [3.63, 3.8) is 0 Å². The van der Waals surface area contributed by atoms with Gasteiger partial charge in [0.1, 0.15) is 17.5 Å². The van der Waals surface area contributed by atoms with Gasteiger partial charge >= 0.3 is 0 Å². The van der Waals surface area contributed by atoms with Crippen LogP contribution in [0.5, 0.6) is 0 Å². The van der Waals surface area contributed by atoms with E-state index in [2.05, 4.69) is 0 Å². The highest BCUT2D eigenvalue weighted by Crippen LogP contribution is 2.40. The largest absolute Gasteiger partial charge is 0.457 e. The summed E-state index contributed by atoms with van der Waals surface area (Å²) in [6, 6.07) is 7.39. The number of halogens is 1. The molecule has 114 valence electrons. The summed E-state index contributed by atoms with van der Waals surface area (Å²) in [7, 11) is 0. The third-order valence-corrected chi connectivity index (χ3v) is 4.35. The van der Waals surface area contributed by atoms with Gasteiger partial charge in [-0.2, -0.15) is 0 Å². The van der Waals surface area contributed by atoms with E-state index in [9.17, 15) is 5.11 Å². The van der Waals surface area contributed by atoms with Crippen molar-refractivity contribution in [3.05, 3.63) is 35.0 Å². The number of fused-ring (bicyclic) bond motifs is 1. The zero-order valence-corrected chi connectivity index (χ0v) is 12.7. The summed E-state index contributed by atoms with van der Waals surface area (Å²) in [5, 5.41) is 12.2. The summed E-state index contributed by atoms with van der Waals surface area (Å²) in [5.74, 6) is 0.494. The van der Waals surface area contributed by atoms with Crippen LogP contribution < -0.4 is 0 Å². The van der Waals surface area contributed by atoms with Crippen molar-refractivity contribution < 1.29 is 19.0 Å². The number of rotatable bonds is 4. The van der Waals surface area contributed by atoms with Crippen molar-refractivity contribution in [2.24, 2.45) is 0 Å². The van der Waals surface area contributed by atoms with Gasteiger partial charge in [0.15, 0.2) is 5.58 Å². The van der Waals surface area contributed by atoms with Crippen LogP contribution in [-0.2, 0) is 9.47 Å². The number of furan rings is 1. The Labute approximate surface area is 128 Å². The number of para-hydroxylation sites is 1. The van der Waals surface area contributed by atoms with E-state index in [1.54, 1.807) is 6.07 Å². The van der Waals surface area contributed by atoms with Gasteiger partial charge < -0.3 is 19.0 Å². The van der Waals surface area contributed by atoms with E-state index in [4.69, 9.17) is 25.5 Å². The molecule has 0 amide bonds. The Morgan fingerprint density at radius 3 is 2.81 bits per heavy atom.